The number of aromatic nitrogens is 2. The number of hydrogen-bond acceptors (Lipinski definition) is 6. The maximum Gasteiger partial charge on any atom is 0.407 e. The fraction of sp³-hybridized carbons (Fsp3) is 0.400. The lowest BCUT2D eigenvalue weighted by molar-refractivity contribution is -0.160. The van der Waals surface area contributed by atoms with Crippen LogP contribution < -0.4 is 5.32 Å². The van der Waals surface area contributed by atoms with Gasteiger partial charge in [-0.2, -0.15) is 13.2 Å². The van der Waals surface area contributed by atoms with Gasteiger partial charge in [-0.25, -0.2) is 4.98 Å². The van der Waals surface area contributed by atoms with Crippen molar-refractivity contribution in [2.45, 2.75) is 63.7 Å². The summed E-state index contributed by atoms with van der Waals surface area (Å²) in [5, 5.41) is 12.1. The molecule has 4 rings (SSSR count). The van der Waals surface area contributed by atoms with Crippen LogP contribution in [0.25, 0.3) is 11.4 Å². The van der Waals surface area contributed by atoms with Crippen LogP contribution in [0.2, 0.25) is 10.0 Å². The summed E-state index contributed by atoms with van der Waals surface area (Å²) >= 11 is 12.1. The number of hydrogen-bond donors (Lipinski definition) is 3. The number of carbonyl (C=O) groups is 3. The smallest absolute Gasteiger partial charge is 0.407 e. The first kappa shape index (κ1) is 31.7. The lowest BCUT2D eigenvalue weighted by Crippen LogP contribution is -2.46. The highest BCUT2D eigenvalue weighted by Gasteiger charge is 2.43. The van der Waals surface area contributed by atoms with E-state index in [1.165, 1.54) is 42.6 Å². The van der Waals surface area contributed by atoms with Crippen molar-refractivity contribution >= 4 is 40.6 Å². The van der Waals surface area contributed by atoms with Gasteiger partial charge in [0.15, 0.2) is 17.3 Å². The Balaban J connectivity index is 1.62. The molecule has 0 amide bonds. The summed E-state index contributed by atoms with van der Waals surface area (Å²) in [6.45, 7) is 1.65. The summed E-state index contributed by atoms with van der Waals surface area (Å²) in [5.74, 6) is -2.57. The zero-order chi connectivity index (χ0) is 30.6. The number of carbonyl (C=O) groups excluding carboxylic acids is 3. The summed E-state index contributed by atoms with van der Waals surface area (Å²) in [6.07, 6.45) is -0.304. The number of nitrogens with zero attached hydrogens (tertiary/aromatic N) is 1. The van der Waals surface area contributed by atoms with Crippen molar-refractivity contribution in [3.63, 3.8) is 0 Å². The molecule has 0 aliphatic heterocycles. The molecule has 0 saturated heterocycles. The molecule has 1 heterocycles. The molecule has 1 fully saturated rings. The third-order valence-electron chi connectivity index (χ3n) is 7.37. The molecule has 0 spiro atoms. The standard InChI is InChI=1S/C30H30Cl2F3N3O4/c1-2-18(26(41)25(40)14-16-3-4-16)15-24(39)23(13-17-11-21(31)27(42)22(32)12-17)38-28(30(33,34)35)19-5-7-20(8-6-19)29-36-9-10-37-29/h5-12,16,18,23,28,38,42H,2-4,13-15H2,1H3,(H,36,37)/t18-,23+,28+/m1/s1. The van der Waals surface area contributed by atoms with Crippen molar-refractivity contribution in [3.8, 4) is 17.1 Å². The number of aromatic amines is 1. The van der Waals surface area contributed by atoms with Gasteiger partial charge in [-0.15, -0.1) is 0 Å². The van der Waals surface area contributed by atoms with Crippen molar-refractivity contribution in [2.75, 3.05) is 0 Å². The molecule has 0 bridgehead atoms. The Morgan fingerprint density at radius 3 is 2.29 bits per heavy atom. The lowest BCUT2D eigenvalue weighted by Gasteiger charge is -2.28. The van der Waals surface area contributed by atoms with E-state index in [-0.39, 0.29) is 40.8 Å². The number of nitrogens with one attached hydrogen (secondary N) is 2. The van der Waals surface area contributed by atoms with Crippen molar-refractivity contribution in [3.05, 3.63) is 70.0 Å². The minimum atomic E-state index is -4.80. The molecule has 224 valence electrons. The number of phenolic OH excluding ortho intramolecular Hbond substituents is 1. The monoisotopic (exact) mass is 623 g/mol. The van der Waals surface area contributed by atoms with Gasteiger partial charge in [0, 0.05) is 36.7 Å². The Bertz CT molecular complexity index is 1400. The van der Waals surface area contributed by atoms with Crippen molar-refractivity contribution in [1.29, 1.82) is 0 Å². The van der Waals surface area contributed by atoms with Crippen molar-refractivity contribution < 1.29 is 32.7 Å². The fourth-order valence-electron chi connectivity index (χ4n) is 4.79. The Morgan fingerprint density at radius 1 is 1.12 bits per heavy atom. The normalized spacial score (nSPS) is 15.7. The van der Waals surface area contributed by atoms with Gasteiger partial charge in [0.05, 0.1) is 16.1 Å². The second-order valence-corrected chi connectivity index (χ2v) is 11.4. The SMILES string of the molecule is CC[C@H](CC(=O)[C@H](Cc1cc(Cl)c(O)c(Cl)c1)N[C@@H](c1ccc(-c2ncc[nH]2)cc1)C(F)(F)F)C(=O)C(=O)CC1CC1. The van der Waals surface area contributed by atoms with E-state index in [9.17, 15) is 32.7 Å². The number of halogens is 5. The van der Waals surface area contributed by atoms with E-state index in [1.807, 2.05) is 0 Å². The Labute approximate surface area is 250 Å². The summed E-state index contributed by atoms with van der Waals surface area (Å²) < 4.78 is 43.3. The van der Waals surface area contributed by atoms with Crippen LogP contribution in [0, 0.1) is 11.8 Å². The first-order chi connectivity index (χ1) is 19.9. The highest BCUT2D eigenvalue weighted by molar-refractivity contribution is 6.38. The average Bonchev–Trinajstić information content (AvgIpc) is 3.58. The number of benzene rings is 2. The molecule has 3 N–H and O–H groups in total. The molecule has 12 heteroatoms. The fourth-order valence-corrected chi connectivity index (χ4v) is 5.33. The predicted octanol–water partition coefficient (Wildman–Crippen LogP) is 6.82. The molecular weight excluding hydrogens is 594 g/mol. The summed E-state index contributed by atoms with van der Waals surface area (Å²) in [7, 11) is 0. The molecule has 0 unspecified atom stereocenters. The third-order valence-corrected chi connectivity index (χ3v) is 7.95. The molecular formula is C30H30Cl2F3N3O4. The van der Waals surface area contributed by atoms with Crippen LogP contribution in [-0.4, -0.2) is 44.6 Å². The molecule has 42 heavy (non-hydrogen) atoms. The van der Waals surface area contributed by atoms with E-state index in [0.717, 1.165) is 12.8 Å². The minimum absolute atomic E-state index is 0.125. The van der Waals surface area contributed by atoms with Gasteiger partial charge < -0.3 is 10.1 Å². The number of Topliss-reactive ketones (excluding diaryl/α,β-unsaturated/α-hetero) is 3. The summed E-state index contributed by atoms with van der Waals surface area (Å²) in [5.41, 5.74) is 0.734. The Hall–Kier alpha value is -3.21. The quantitative estimate of drug-likeness (QED) is 0.170. The van der Waals surface area contributed by atoms with Gasteiger partial charge in [0.1, 0.15) is 11.9 Å². The molecule has 1 saturated carbocycles. The third kappa shape index (κ3) is 7.99. The first-order valence-electron chi connectivity index (χ1n) is 13.6. The number of alkyl halides is 3. The molecule has 1 aliphatic carbocycles. The molecule has 7 nitrogen and oxygen atoms in total. The minimum Gasteiger partial charge on any atom is -0.505 e. The van der Waals surface area contributed by atoms with Gasteiger partial charge in [0.25, 0.3) is 0 Å². The number of phenols is 1. The molecule has 0 radical (unpaired) electrons. The lowest BCUT2D eigenvalue weighted by atomic mass is 9.87. The zero-order valence-electron chi connectivity index (χ0n) is 22.7. The van der Waals surface area contributed by atoms with Crippen LogP contribution in [0.1, 0.15) is 56.2 Å². The molecule has 1 aliphatic rings. The van der Waals surface area contributed by atoms with Crippen LogP contribution in [0.5, 0.6) is 5.75 Å². The Kier molecular flexibility index (Phi) is 10.1. The highest BCUT2D eigenvalue weighted by Crippen LogP contribution is 2.37. The van der Waals surface area contributed by atoms with E-state index in [2.05, 4.69) is 15.3 Å². The molecule has 3 atom stereocenters. The van der Waals surface area contributed by atoms with Gasteiger partial charge in [0.2, 0.25) is 5.78 Å². The van der Waals surface area contributed by atoms with Crippen molar-refractivity contribution in [2.24, 2.45) is 11.8 Å². The second-order valence-electron chi connectivity index (χ2n) is 10.6. The van der Waals surface area contributed by atoms with E-state index < -0.39 is 53.7 Å². The maximum absolute atomic E-state index is 14.4. The maximum atomic E-state index is 14.4. The number of H-pyrrole nitrogens is 1. The number of ketones is 3. The van der Waals surface area contributed by atoms with Crippen LogP contribution >= 0.6 is 23.2 Å². The van der Waals surface area contributed by atoms with Crippen LogP contribution in [0.3, 0.4) is 0 Å². The van der Waals surface area contributed by atoms with Gasteiger partial charge in [-0.1, -0.05) is 54.4 Å². The van der Waals surface area contributed by atoms with E-state index in [0.29, 0.717) is 17.0 Å². The van der Waals surface area contributed by atoms with Crippen LogP contribution in [0.4, 0.5) is 13.2 Å². The Morgan fingerprint density at radius 2 is 1.76 bits per heavy atom. The van der Waals surface area contributed by atoms with Gasteiger partial charge in [-0.3, -0.25) is 19.7 Å². The topological polar surface area (TPSA) is 112 Å². The van der Waals surface area contributed by atoms with Gasteiger partial charge >= 0.3 is 6.18 Å². The van der Waals surface area contributed by atoms with Crippen molar-refractivity contribution in [1.82, 2.24) is 15.3 Å². The highest BCUT2D eigenvalue weighted by atomic mass is 35.5. The number of aromatic hydroxyl groups is 1. The molecule has 1 aromatic heterocycles. The second kappa shape index (κ2) is 13.4. The molecule has 3 aromatic rings. The van der Waals surface area contributed by atoms with E-state index >= 15 is 0 Å². The predicted molar refractivity (Wildman–Crippen MR) is 152 cm³/mol. The summed E-state index contributed by atoms with van der Waals surface area (Å²) in [6, 6.07) is 4.53. The average molecular weight is 624 g/mol. The van der Waals surface area contributed by atoms with E-state index in [4.69, 9.17) is 23.2 Å². The van der Waals surface area contributed by atoms with Crippen LogP contribution in [0.15, 0.2) is 48.8 Å². The van der Waals surface area contributed by atoms with Crippen LogP contribution in [-0.2, 0) is 20.8 Å². The largest absolute Gasteiger partial charge is 0.505 e. The van der Waals surface area contributed by atoms with Gasteiger partial charge in [-0.05, 0) is 54.9 Å². The number of imidazole rings is 1. The van der Waals surface area contributed by atoms with E-state index in [1.54, 1.807) is 13.1 Å². The number of rotatable bonds is 14. The first-order valence-corrected chi connectivity index (χ1v) is 14.3. The summed E-state index contributed by atoms with van der Waals surface area (Å²) in [4.78, 5) is 45.9. The molecule has 2 aromatic carbocycles. The zero-order valence-corrected chi connectivity index (χ0v) is 24.2.